The van der Waals surface area contributed by atoms with E-state index in [1.807, 2.05) is 0 Å². The zero-order valence-electron chi connectivity index (χ0n) is 9.60. The maximum absolute atomic E-state index is 11.4. The highest BCUT2D eigenvalue weighted by Crippen LogP contribution is 2.02. The molecule has 0 heterocycles. The van der Waals surface area contributed by atoms with E-state index in [2.05, 4.69) is 5.16 Å². The van der Waals surface area contributed by atoms with Crippen molar-refractivity contribution in [2.45, 2.75) is 26.9 Å². The molecule has 0 saturated heterocycles. The third-order valence-corrected chi connectivity index (χ3v) is 1.82. The van der Waals surface area contributed by atoms with E-state index in [9.17, 15) is 4.79 Å². The molecule has 0 aliphatic heterocycles. The van der Waals surface area contributed by atoms with E-state index in [4.69, 9.17) is 15.7 Å². The Morgan fingerprint density at radius 3 is 2.47 bits per heavy atom. The quantitative estimate of drug-likeness (QED) is 0.316. The van der Waals surface area contributed by atoms with Crippen molar-refractivity contribution in [3.05, 3.63) is 0 Å². The van der Waals surface area contributed by atoms with Gasteiger partial charge in [0.2, 0.25) is 0 Å². The van der Waals surface area contributed by atoms with Crippen LogP contribution in [0.1, 0.15) is 20.8 Å². The Morgan fingerprint density at radius 1 is 1.53 bits per heavy atom. The average molecular weight is 217 g/mol. The number of nitrogens with two attached hydrogens (primary N) is 1. The molecule has 6 heteroatoms. The Labute approximate surface area is 89.7 Å². The predicted octanol–water partition coefficient (Wildman–Crippen LogP) is 0.846. The summed E-state index contributed by atoms with van der Waals surface area (Å²) in [5.74, 6) is -0.112. The summed E-state index contributed by atoms with van der Waals surface area (Å²) in [4.78, 5) is 12.8. The molecule has 0 radical (unpaired) electrons. The number of hydrogen-bond donors (Lipinski definition) is 2. The lowest BCUT2D eigenvalue weighted by atomic mass is 10.1. The fourth-order valence-electron chi connectivity index (χ4n) is 0.969. The lowest BCUT2D eigenvalue weighted by Crippen LogP contribution is -2.37. The molecule has 6 nitrogen and oxygen atoms in total. The Hall–Kier alpha value is -1.46. The molecular formula is C9H19N3O3. The van der Waals surface area contributed by atoms with E-state index in [1.54, 1.807) is 27.8 Å². The third-order valence-electron chi connectivity index (χ3n) is 1.82. The first-order valence-corrected chi connectivity index (χ1v) is 4.77. The normalized spacial score (nSPS) is 13.8. The first-order chi connectivity index (χ1) is 6.88. The lowest BCUT2D eigenvalue weighted by molar-refractivity contribution is 0.0824. The molecule has 0 spiro atoms. The van der Waals surface area contributed by atoms with Gasteiger partial charge in [-0.15, -0.1) is 0 Å². The molecule has 1 unspecified atom stereocenters. The molecule has 0 aliphatic carbocycles. The van der Waals surface area contributed by atoms with Crippen molar-refractivity contribution in [3.8, 4) is 0 Å². The number of carbonyl (C=O) groups is 1. The van der Waals surface area contributed by atoms with Gasteiger partial charge in [0.05, 0.1) is 6.10 Å². The van der Waals surface area contributed by atoms with Crippen LogP contribution in [0.25, 0.3) is 0 Å². The molecule has 0 fully saturated rings. The number of amidine groups is 1. The lowest BCUT2D eigenvalue weighted by Gasteiger charge is -2.21. The molecule has 1 atom stereocenters. The van der Waals surface area contributed by atoms with Crippen LogP contribution < -0.4 is 5.73 Å². The second kappa shape index (κ2) is 6.10. The zero-order chi connectivity index (χ0) is 12.0. The maximum Gasteiger partial charge on any atom is 0.409 e. The molecule has 0 aromatic heterocycles. The minimum Gasteiger partial charge on any atom is -0.447 e. The molecule has 15 heavy (non-hydrogen) atoms. The highest BCUT2D eigenvalue weighted by molar-refractivity contribution is 5.82. The van der Waals surface area contributed by atoms with Crippen LogP contribution in [0, 0.1) is 5.92 Å². The van der Waals surface area contributed by atoms with Crippen molar-refractivity contribution >= 4 is 11.9 Å². The van der Waals surface area contributed by atoms with Crippen LogP contribution in [0.3, 0.4) is 0 Å². The van der Waals surface area contributed by atoms with Crippen LogP contribution in [-0.4, -0.2) is 41.7 Å². The van der Waals surface area contributed by atoms with Crippen molar-refractivity contribution < 1.29 is 14.7 Å². The number of ether oxygens (including phenoxy) is 1. The highest BCUT2D eigenvalue weighted by Gasteiger charge is 2.16. The Bertz CT molecular complexity index is 241. The summed E-state index contributed by atoms with van der Waals surface area (Å²) in [5.41, 5.74) is 5.39. The van der Waals surface area contributed by atoms with Crippen LogP contribution in [0.15, 0.2) is 5.16 Å². The van der Waals surface area contributed by atoms with Crippen molar-refractivity contribution in [2.75, 3.05) is 13.6 Å². The monoisotopic (exact) mass is 217 g/mol. The van der Waals surface area contributed by atoms with Gasteiger partial charge in [-0.2, -0.15) is 0 Å². The van der Waals surface area contributed by atoms with Crippen molar-refractivity contribution in [1.29, 1.82) is 0 Å². The second-order valence-corrected chi connectivity index (χ2v) is 3.74. The Balaban J connectivity index is 4.13. The minimum absolute atomic E-state index is 0.0965. The number of carbonyl (C=O) groups excluding carboxylic acids is 1. The molecular weight excluding hydrogens is 198 g/mol. The summed E-state index contributed by atoms with van der Waals surface area (Å²) in [7, 11) is 1.60. The highest BCUT2D eigenvalue weighted by atomic mass is 16.6. The molecule has 0 aromatic rings. The Kier molecular flexibility index (Phi) is 5.51. The summed E-state index contributed by atoms with van der Waals surface area (Å²) in [6.07, 6.45) is -0.568. The summed E-state index contributed by atoms with van der Waals surface area (Å²) in [6.45, 7) is 5.66. The topological polar surface area (TPSA) is 88.2 Å². The number of hydrogen-bond acceptors (Lipinski definition) is 4. The SMILES string of the molecule is CC(C)OC(=O)N(C)CC(C)C(N)=NO. The minimum atomic E-state index is -0.414. The summed E-state index contributed by atoms with van der Waals surface area (Å²) in [5, 5.41) is 11.3. The van der Waals surface area contributed by atoms with Gasteiger partial charge in [-0.05, 0) is 13.8 Å². The molecule has 0 rings (SSSR count). The van der Waals surface area contributed by atoms with E-state index in [-0.39, 0.29) is 17.9 Å². The van der Waals surface area contributed by atoms with E-state index in [0.717, 1.165) is 0 Å². The van der Waals surface area contributed by atoms with Crippen LogP contribution in [0.2, 0.25) is 0 Å². The molecule has 0 saturated carbocycles. The molecule has 0 bridgehead atoms. The summed E-state index contributed by atoms with van der Waals surface area (Å²) >= 11 is 0. The van der Waals surface area contributed by atoms with E-state index >= 15 is 0 Å². The van der Waals surface area contributed by atoms with Crippen LogP contribution in [0.4, 0.5) is 4.79 Å². The maximum atomic E-state index is 11.4. The standard InChI is InChI=1S/C9H19N3O3/c1-6(2)15-9(13)12(4)5-7(3)8(10)11-14/h6-7,14H,5H2,1-4H3,(H2,10,11). The second-order valence-electron chi connectivity index (χ2n) is 3.74. The molecule has 3 N–H and O–H groups in total. The van der Waals surface area contributed by atoms with Gasteiger partial charge < -0.3 is 20.6 Å². The number of amides is 1. The van der Waals surface area contributed by atoms with Crippen LogP contribution in [0.5, 0.6) is 0 Å². The largest absolute Gasteiger partial charge is 0.447 e. The molecule has 0 aromatic carbocycles. The van der Waals surface area contributed by atoms with Crippen LogP contribution >= 0.6 is 0 Å². The van der Waals surface area contributed by atoms with Gasteiger partial charge in [0.1, 0.15) is 5.84 Å². The van der Waals surface area contributed by atoms with Crippen LogP contribution in [-0.2, 0) is 4.74 Å². The van der Waals surface area contributed by atoms with E-state index < -0.39 is 6.09 Å². The summed E-state index contributed by atoms with van der Waals surface area (Å²) in [6, 6.07) is 0. The zero-order valence-corrected chi connectivity index (χ0v) is 9.60. The molecule has 88 valence electrons. The average Bonchev–Trinajstić information content (AvgIpc) is 2.15. The number of oxime groups is 1. The third kappa shape index (κ3) is 5.09. The number of rotatable bonds is 4. The van der Waals surface area contributed by atoms with Gasteiger partial charge in [0.15, 0.2) is 0 Å². The van der Waals surface area contributed by atoms with Gasteiger partial charge in [-0.3, -0.25) is 0 Å². The summed E-state index contributed by atoms with van der Waals surface area (Å²) < 4.78 is 4.97. The van der Waals surface area contributed by atoms with E-state index in [0.29, 0.717) is 6.54 Å². The predicted molar refractivity (Wildman–Crippen MR) is 56.8 cm³/mol. The Morgan fingerprint density at radius 2 is 2.07 bits per heavy atom. The van der Waals surface area contributed by atoms with Gasteiger partial charge in [-0.1, -0.05) is 12.1 Å². The van der Waals surface area contributed by atoms with Crippen molar-refractivity contribution in [1.82, 2.24) is 4.90 Å². The fourth-order valence-corrected chi connectivity index (χ4v) is 0.969. The first kappa shape index (κ1) is 13.5. The van der Waals surface area contributed by atoms with Gasteiger partial charge in [-0.25, -0.2) is 4.79 Å². The smallest absolute Gasteiger partial charge is 0.409 e. The first-order valence-electron chi connectivity index (χ1n) is 4.77. The van der Waals surface area contributed by atoms with Gasteiger partial charge >= 0.3 is 6.09 Å². The molecule has 0 aliphatic rings. The molecule has 1 amide bonds. The number of nitrogens with zero attached hydrogens (tertiary/aromatic N) is 2. The van der Waals surface area contributed by atoms with Crippen molar-refractivity contribution in [2.24, 2.45) is 16.8 Å². The van der Waals surface area contributed by atoms with Gasteiger partial charge in [0.25, 0.3) is 0 Å². The van der Waals surface area contributed by atoms with Crippen molar-refractivity contribution in [3.63, 3.8) is 0 Å². The fraction of sp³-hybridized carbons (Fsp3) is 0.778. The van der Waals surface area contributed by atoms with E-state index in [1.165, 1.54) is 4.90 Å². The van der Waals surface area contributed by atoms with Gasteiger partial charge in [0, 0.05) is 19.5 Å².